The Bertz CT molecular complexity index is 274. The van der Waals surface area contributed by atoms with Gasteiger partial charge in [-0.3, -0.25) is 9.05 Å². The lowest BCUT2D eigenvalue weighted by Crippen LogP contribution is -2.10. The summed E-state index contributed by atoms with van der Waals surface area (Å²) in [5.74, 6) is 0. The van der Waals surface area contributed by atoms with Crippen LogP contribution in [0.25, 0.3) is 0 Å². The largest absolute Gasteiger partial charge is 0.472 e. The zero-order chi connectivity index (χ0) is 16.0. The summed E-state index contributed by atoms with van der Waals surface area (Å²) in [6.07, 6.45) is 0.970. The number of phosphoric acid groups is 1. The zero-order valence-electron chi connectivity index (χ0n) is 12.5. The highest BCUT2D eigenvalue weighted by atomic mass is 31.2. The minimum Gasteiger partial charge on any atom is -0.379 e. The van der Waals surface area contributed by atoms with Crippen LogP contribution in [0.4, 0.5) is 0 Å². The third-order valence-corrected chi connectivity index (χ3v) is 3.38. The lowest BCUT2D eigenvalue weighted by molar-refractivity contribution is -0.0487. The molecule has 0 aromatic rings. The van der Waals surface area contributed by atoms with Crippen molar-refractivity contribution in [3.05, 3.63) is 0 Å². The van der Waals surface area contributed by atoms with Gasteiger partial charge in [-0.25, -0.2) is 4.57 Å². The van der Waals surface area contributed by atoms with Crippen LogP contribution in [0.15, 0.2) is 0 Å². The molecule has 0 aromatic carbocycles. The summed E-state index contributed by atoms with van der Waals surface area (Å²) < 4.78 is 31.1. The van der Waals surface area contributed by atoms with Crippen molar-refractivity contribution >= 4 is 7.82 Å². The average molecular weight is 330 g/mol. The van der Waals surface area contributed by atoms with Gasteiger partial charge in [-0.2, -0.15) is 0 Å². The van der Waals surface area contributed by atoms with Crippen LogP contribution >= 0.6 is 7.82 Å². The summed E-state index contributed by atoms with van der Waals surface area (Å²) in [5.41, 5.74) is 0. The van der Waals surface area contributed by atoms with Crippen LogP contribution in [0.5, 0.6) is 0 Å². The van der Waals surface area contributed by atoms with Gasteiger partial charge in [0.05, 0.1) is 33.0 Å². The maximum Gasteiger partial charge on any atom is 0.472 e. The lowest BCUT2D eigenvalue weighted by atomic mass is 10.3. The number of ether oxygens (including phenoxy) is 2. The molecule has 0 bridgehead atoms. The third-order valence-electron chi connectivity index (χ3n) is 2.36. The number of hydrogen-bond donors (Lipinski definition) is 3. The van der Waals surface area contributed by atoms with Crippen LogP contribution < -0.4 is 0 Å². The molecule has 0 aromatic heterocycles. The Morgan fingerprint density at radius 2 is 1.48 bits per heavy atom. The van der Waals surface area contributed by atoms with Gasteiger partial charge in [-0.05, 0) is 12.8 Å². The van der Waals surface area contributed by atoms with Gasteiger partial charge >= 0.3 is 7.82 Å². The fourth-order valence-electron chi connectivity index (χ4n) is 1.26. The van der Waals surface area contributed by atoms with E-state index in [1.54, 1.807) is 0 Å². The van der Waals surface area contributed by atoms with Gasteiger partial charge in [0.25, 0.3) is 0 Å². The Kier molecular flexibility index (Phi) is 13.6. The SMILES string of the molecule is CCCCOCCOCCOP(=O)(O)OCCCC(O)O. The van der Waals surface area contributed by atoms with E-state index in [4.69, 9.17) is 19.7 Å². The summed E-state index contributed by atoms with van der Waals surface area (Å²) >= 11 is 0. The van der Waals surface area contributed by atoms with Gasteiger partial charge < -0.3 is 24.6 Å². The summed E-state index contributed by atoms with van der Waals surface area (Å²) in [6.45, 7) is 3.69. The van der Waals surface area contributed by atoms with Crippen LogP contribution in [-0.2, 0) is 23.1 Å². The molecule has 0 saturated carbocycles. The molecule has 0 saturated heterocycles. The smallest absolute Gasteiger partial charge is 0.379 e. The van der Waals surface area contributed by atoms with Crippen molar-refractivity contribution < 1.29 is 38.2 Å². The van der Waals surface area contributed by atoms with E-state index in [1.165, 1.54) is 0 Å². The second kappa shape index (κ2) is 13.6. The fourth-order valence-corrected chi connectivity index (χ4v) is 2.00. The maximum absolute atomic E-state index is 11.4. The van der Waals surface area contributed by atoms with Gasteiger partial charge in [-0.1, -0.05) is 13.3 Å². The summed E-state index contributed by atoms with van der Waals surface area (Å²) in [6, 6.07) is 0. The van der Waals surface area contributed by atoms with Crippen LogP contribution in [0, 0.1) is 0 Å². The number of rotatable bonds is 15. The minimum atomic E-state index is -4.10. The topological polar surface area (TPSA) is 115 Å². The van der Waals surface area contributed by atoms with Crippen molar-refractivity contribution in [2.75, 3.05) is 39.6 Å². The van der Waals surface area contributed by atoms with Gasteiger partial charge in [0.15, 0.2) is 6.29 Å². The van der Waals surface area contributed by atoms with E-state index >= 15 is 0 Å². The van der Waals surface area contributed by atoms with Crippen molar-refractivity contribution in [1.82, 2.24) is 0 Å². The summed E-state index contributed by atoms with van der Waals surface area (Å²) in [5, 5.41) is 17.2. The normalized spacial score (nSPS) is 14.5. The number of phosphoric ester groups is 1. The molecular formula is C12H27O8P. The number of unbranched alkanes of at least 4 members (excludes halogenated alkanes) is 1. The molecule has 9 heteroatoms. The first-order valence-corrected chi connectivity index (χ1v) is 8.61. The minimum absolute atomic E-state index is 0.0641. The standard InChI is InChI=1S/C12H27O8P/c1-2-3-6-17-8-9-18-10-11-20-21(15,16)19-7-4-5-12(13)14/h12-14H,2-11H2,1H3,(H,15,16). The van der Waals surface area contributed by atoms with E-state index < -0.39 is 14.1 Å². The van der Waals surface area contributed by atoms with E-state index in [1.807, 2.05) is 0 Å². The predicted octanol–water partition coefficient (Wildman–Crippen LogP) is 1.04. The number of aliphatic hydroxyl groups excluding tert-OH is 1. The van der Waals surface area contributed by atoms with E-state index in [0.29, 0.717) is 19.8 Å². The molecule has 128 valence electrons. The quantitative estimate of drug-likeness (QED) is 0.232. The van der Waals surface area contributed by atoms with Crippen LogP contribution in [0.1, 0.15) is 32.6 Å². The van der Waals surface area contributed by atoms with Gasteiger partial charge in [0.1, 0.15) is 0 Å². The van der Waals surface area contributed by atoms with E-state index in [-0.39, 0.29) is 32.7 Å². The maximum atomic E-state index is 11.4. The lowest BCUT2D eigenvalue weighted by Gasteiger charge is -2.12. The Morgan fingerprint density at radius 1 is 0.905 bits per heavy atom. The highest BCUT2D eigenvalue weighted by Crippen LogP contribution is 2.43. The Labute approximate surface area is 125 Å². The molecule has 0 amide bonds. The molecule has 0 aliphatic carbocycles. The van der Waals surface area contributed by atoms with E-state index in [9.17, 15) is 9.46 Å². The highest BCUT2D eigenvalue weighted by Gasteiger charge is 2.20. The number of aliphatic hydroxyl groups is 2. The fraction of sp³-hybridized carbons (Fsp3) is 1.00. The van der Waals surface area contributed by atoms with Crippen molar-refractivity contribution in [3.8, 4) is 0 Å². The van der Waals surface area contributed by atoms with Crippen LogP contribution in [-0.4, -0.2) is 61.0 Å². The van der Waals surface area contributed by atoms with Gasteiger partial charge in [0.2, 0.25) is 0 Å². The second-order valence-electron chi connectivity index (χ2n) is 4.34. The molecule has 21 heavy (non-hydrogen) atoms. The molecule has 0 radical (unpaired) electrons. The Morgan fingerprint density at radius 3 is 2.10 bits per heavy atom. The first-order valence-electron chi connectivity index (χ1n) is 7.11. The molecular weight excluding hydrogens is 303 g/mol. The molecule has 0 rings (SSSR count). The Hall–Kier alpha value is -0.0500. The second-order valence-corrected chi connectivity index (χ2v) is 5.79. The van der Waals surface area contributed by atoms with E-state index in [0.717, 1.165) is 12.8 Å². The average Bonchev–Trinajstić information content (AvgIpc) is 2.42. The predicted molar refractivity (Wildman–Crippen MR) is 75.7 cm³/mol. The first-order chi connectivity index (χ1) is 9.98. The zero-order valence-corrected chi connectivity index (χ0v) is 13.4. The highest BCUT2D eigenvalue weighted by molar-refractivity contribution is 7.47. The molecule has 3 N–H and O–H groups in total. The molecule has 0 spiro atoms. The van der Waals surface area contributed by atoms with E-state index in [2.05, 4.69) is 16.0 Å². The monoisotopic (exact) mass is 330 g/mol. The van der Waals surface area contributed by atoms with Crippen molar-refractivity contribution in [3.63, 3.8) is 0 Å². The van der Waals surface area contributed by atoms with Gasteiger partial charge in [-0.15, -0.1) is 0 Å². The Balaban J connectivity index is 3.38. The van der Waals surface area contributed by atoms with Crippen LogP contribution in [0.2, 0.25) is 0 Å². The first kappa shape index (κ1) is 20.9. The molecule has 1 unspecified atom stereocenters. The number of hydrogen-bond acceptors (Lipinski definition) is 7. The molecule has 1 atom stereocenters. The molecule has 0 aliphatic rings. The molecule has 0 aliphatic heterocycles. The summed E-state index contributed by atoms with van der Waals surface area (Å²) in [7, 11) is -4.10. The molecule has 8 nitrogen and oxygen atoms in total. The third kappa shape index (κ3) is 16.2. The van der Waals surface area contributed by atoms with Crippen molar-refractivity contribution in [2.24, 2.45) is 0 Å². The molecule has 0 heterocycles. The van der Waals surface area contributed by atoms with Crippen molar-refractivity contribution in [2.45, 2.75) is 38.9 Å². The van der Waals surface area contributed by atoms with Crippen LogP contribution in [0.3, 0.4) is 0 Å². The van der Waals surface area contributed by atoms with Gasteiger partial charge in [0, 0.05) is 13.0 Å². The molecule has 0 fully saturated rings. The van der Waals surface area contributed by atoms with Crippen molar-refractivity contribution in [1.29, 1.82) is 0 Å². The summed E-state index contributed by atoms with van der Waals surface area (Å²) in [4.78, 5) is 9.29.